The summed E-state index contributed by atoms with van der Waals surface area (Å²) >= 11 is 2.72. The Balaban J connectivity index is 1.77. The second-order valence-corrected chi connectivity index (χ2v) is 7.40. The summed E-state index contributed by atoms with van der Waals surface area (Å²) in [6.07, 6.45) is 0.898. The first-order valence-corrected chi connectivity index (χ1v) is 9.22. The Morgan fingerprint density at radius 3 is 3.09 bits per heavy atom. The molecule has 1 saturated heterocycles. The number of rotatable bonds is 9. The molecule has 1 atom stereocenters. The van der Waals surface area contributed by atoms with Crippen molar-refractivity contribution in [2.24, 2.45) is 0 Å². The monoisotopic (exact) mass is 359 g/mol. The van der Waals surface area contributed by atoms with Crippen molar-refractivity contribution in [1.29, 1.82) is 0 Å². The number of anilines is 1. The normalized spacial score (nSPS) is 15.6. The van der Waals surface area contributed by atoms with Crippen LogP contribution in [0.25, 0.3) is 0 Å². The molecule has 1 aromatic heterocycles. The van der Waals surface area contributed by atoms with E-state index in [1.807, 2.05) is 6.92 Å². The number of urea groups is 1. The summed E-state index contributed by atoms with van der Waals surface area (Å²) in [4.78, 5) is 25.0. The molecule has 0 spiro atoms. The number of hydrogen-bond donors (Lipinski definition) is 2. The van der Waals surface area contributed by atoms with Crippen LogP contribution in [-0.2, 0) is 9.53 Å². The molecule has 1 aliphatic rings. The van der Waals surface area contributed by atoms with Crippen molar-refractivity contribution in [1.82, 2.24) is 20.4 Å². The van der Waals surface area contributed by atoms with E-state index in [1.165, 1.54) is 28.0 Å². The van der Waals surface area contributed by atoms with Crippen molar-refractivity contribution in [2.75, 3.05) is 38.2 Å². The second kappa shape index (κ2) is 9.04. The van der Waals surface area contributed by atoms with Crippen LogP contribution in [0.15, 0.2) is 4.34 Å². The number of carbonyl (C=O) groups excluding carboxylic acids is 2. The maximum Gasteiger partial charge on any atom is 0.324 e. The third kappa shape index (κ3) is 5.33. The number of amides is 3. The zero-order valence-electron chi connectivity index (χ0n) is 13.2. The minimum absolute atomic E-state index is 0.202. The molecule has 2 rings (SSSR count). The number of nitrogens with one attached hydrogen (secondary N) is 2. The zero-order chi connectivity index (χ0) is 16.7. The Kier molecular flexibility index (Phi) is 7.06. The third-order valence-electron chi connectivity index (χ3n) is 3.10. The van der Waals surface area contributed by atoms with Crippen LogP contribution in [0.5, 0.6) is 0 Å². The van der Waals surface area contributed by atoms with Gasteiger partial charge in [0.1, 0.15) is 0 Å². The molecule has 128 valence electrons. The van der Waals surface area contributed by atoms with Gasteiger partial charge in [-0.05, 0) is 20.3 Å². The Bertz CT molecular complexity index is 539. The molecule has 0 aromatic carbocycles. The topological polar surface area (TPSA) is 96.4 Å². The van der Waals surface area contributed by atoms with Crippen molar-refractivity contribution >= 4 is 40.2 Å². The molecule has 2 N–H and O–H groups in total. The molecule has 0 saturated carbocycles. The Labute approximate surface area is 143 Å². The maximum absolute atomic E-state index is 12.2. The molecule has 1 unspecified atom stereocenters. The summed E-state index contributed by atoms with van der Waals surface area (Å²) in [6.45, 7) is 6.88. The number of ether oxygens (including phenoxy) is 1. The fourth-order valence-electron chi connectivity index (χ4n) is 1.95. The molecule has 1 fully saturated rings. The average Bonchev–Trinajstić information content (AvgIpc) is 3.15. The third-order valence-corrected chi connectivity index (χ3v) is 5.15. The molecule has 2 heterocycles. The predicted octanol–water partition coefficient (Wildman–Crippen LogP) is 1.41. The summed E-state index contributed by atoms with van der Waals surface area (Å²) in [5.41, 5.74) is 0. The van der Waals surface area contributed by atoms with E-state index in [9.17, 15) is 9.59 Å². The van der Waals surface area contributed by atoms with Crippen molar-refractivity contribution in [3.8, 4) is 0 Å². The molecule has 3 amide bonds. The van der Waals surface area contributed by atoms with Crippen LogP contribution in [-0.4, -0.2) is 65.1 Å². The van der Waals surface area contributed by atoms with Crippen molar-refractivity contribution < 1.29 is 14.3 Å². The number of thioether (sulfide) groups is 1. The van der Waals surface area contributed by atoms with E-state index in [0.29, 0.717) is 24.0 Å². The van der Waals surface area contributed by atoms with Crippen molar-refractivity contribution in [3.63, 3.8) is 0 Å². The summed E-state index contributed by atoms with van der Waals surface area (Å²) in [5, 5.41) is 14.3. The summed E-state index contributed by atoms with van der Waals surface area (Å²) in [6, 6.07) is -0.323. The van der Waals surface area contributed by atoms with Crippen LogP contribution >= 0.6 is 23.1 Å². The lowest BCUT2D eigenvalue weighted by molar-refractivity contribution is -0.126. The quantitative estimate of drug-likeness (QED) is 0.508. The van der Waals surface area contributed by atoms with Gasteiger partial charge in [0.05, 0.1) is 5.25 Å². The molecule has 8 nitrogen and oxygen atoms in total. The van der Waals surface area contributed by atoms with Gasteiger partial charge in [-0.25, -0.2) is 4.79 Å². The molecular weight excluding hydrogens is 338 g/mol. The number of imide groups is 1. The summed E-state index contributed by atoms with van der Waals surface area (Å²) in [5.74, 6) is -0.202. The summed E-state index contributed by atoms with van der Waals surface area (Å²) in [7, 11) is 0. The lowest BCUT2D eigenvalue weighted by Gasteiger charge is -2.16. The number of nitrogens with zero attached hydrogens (tertiary/aromatic N) is 3. The fourth-order valence-corrected chi connectivity index (χ4v) is 3.93. The highest BCUT2D eigenvalue weighted by molar-refractivity contribution is 8.02. The smallest absolute Gasteiger partial charge is 0.324 e. The molecule has 0 radical (unpaired) electrons. The minimum atomic E-state index is -0.377. The minimum Gasteiger partial charge on any atom is -0.382 e. The Morgan fingerprint density at radius 2 is 2.39 bits per heavy atom. The van der Waals surface area contributed by atoms with Crippen LogP contribution in [0.2, 0.25) is 0 Å². The van der Waals surface area contributed by atoms with Crippen molar-refractivity contribution in [3.05, 3.63) is 0 Å². The lowest BCUT2D eigenvalue weighted by atomic mass is 10.4. The van der Waals surface area contributed by atoms with Crippen LogP contribution < -0.4 is 10.6 Å². The van der Waals surface area contributed by atoms with Crippen LogP contribution in [0, 0.1) is 0 Å². The molecule has 0 aliphatic carbocycles. The van der Waals surface area contributed by atoms with E-state index in [-0.39, 0.29) is 17.2 Å². The highest BCUT2D eigenvalue weighted by Gasteiger charge is 2.30. The first-order chi connectivity index (χ1) is 11.1. The van der Waals surface area contributed by atoms with Gasteiger partial charge in [-0.2, -0.15) is 0 Å². The van der Waals surface area contributed by atoms with Gasteiger partial charge in [0.15, 0.2) is 4.34 Å². The molecular formula is C13H21N5O3S2. The van der Waals surface area contributed by atoms with Gasteiger partial charge in [0.25, 0.3) is 0 Å². The van der Waals surface area contributed by atoms with E-state index >= 15 is 0 Å². The van der Waals surface area contributed by atoms with Gasteiger partial charge >= 0.3 is 6.03 Å². The van der Waals surface area contributed by atoms with E-state index < -0.39 is 0 Å². The molecule has 10 heteroatoms. The number of carbonyl (C=O) groups is 2. The van der Waals surface area contributed by atoms with Gasteiger partial charge in [0, 0.05) is 32.8 Å². The van der Waals surface area contributed by atoms with Crippen LogP contribution in [0.4, 0.5) is 9.93 Å². The SMILES string of the molecule is CCOCCCNc1nnc(SC(C)C(=O)N2CCNC2=O)s1. The first kappa shape index (κ1) is 18.0. The molecule has 23 heavy (non-hydrogen) atoms. The first-order valence-electron chi connectivity index (χ1n) is 7.52. The van der Waals surface area contributed by atoms with Gasteiger partial charge in [-0.3, -0.25) is 9.69 Å². The lowest BCUT2D eigenvalue weighted by Crippen LogP contribution is -2.38. The Hall–Kier alpha value is -1.39. The van der Waals surface area contributed by atoms with Gasteiger partial charge < -0.3 is 15.4 Å². The molecule has 1 aliphatic heterocycles. The van der Waals surface area contributed by atoms with Crippen LogP contribution in [0.1, 0.15) is 20.3 Å². The average molecular weight is 359 g/mol. The molecule has 0 bridgehead atoms. The Morgan fingerprint density at radius 1 is 1.57 bits per heavy atom. The number of aromatic nitrogens is 2. The van der Waals surface area contributed by atoms with Gasteiger partial charge in [-0.15, -0.1) is 10.2 Å². The maximum atomic E-state index is 12.2. The zero-order valence-corrected chi connectivity index (χ0v) is 14.8. The highest BCUT2D eigenvalue weighted by Crippen LogP contribution is 2.29. The summed E-state index contributed by atoms with van der Waals surface area (Å²) < 4.78 is 5.97. The van der Waals surface area contributed by atoms with Crippen molar-refractivity contribution in [2.45, 2.75) is 29.9 Å². The fraction of sp³-hybridized carbons (Fsp3) is 0.692. The predicted molar refractivity (Wildman–Crippen MR) is 89.9 cm³/mol. The van der Waals surface area contributed by atoms with E-state index in [2.05, 4.69) is 20.8 Å². The number of hydrogen-bond acceptors (Lipinski definition) is 8. The second-order valence-electron chi connectivity index (χ2n) is 4.83. The highest BCUT2D eigenvalue weighted by atomic mass is 32.2. The van der Waals surface area contributed by atoms with Gasteiger partial charge in [-0.1, -0.05) is 23.1 Å². The van der Waals surface area contributed by atoms with Gasteiger partial charge in [0.2, 0.25) is 11.0 Å². The van der Waals surface area contributed by atoms with E-state index in [1.54, 1.807) is 6.92 Å². The van der Waals surface area contributed by atoms with E-state index in [0.717, 1.165) is 24.7 Å². The molecule has 1 aromatic rings. The standard InChI is InChI=1S/C13H21N5O3S2/c1-3-21-8-4-5-14-11-16-17-13(23-11)22-9(2)10(19)18-7-6-15-12(18)20/h9H,3-8H2,1-2H3,(H,14,16)(H,15,20). The largest absolute Gasteiger partial charge is 0.382 e. The van der Waals surface area contributed by atoms with E-state index in [4.69, 9.17) is 4.74 Å². The van der Waals surface area contributed by atoms with Crippen LogP contribution in [0.3, 0.4) is 0 Å².